The van der Waals surface area contributed by atoms with Crippen LogP contribution < -0.4 is 0 Å². The molecule has 0 amide bonds. The lowest BCUT2D eigenvalue weighted by Gasteiger charge is -2.26. The molecule has 0 aromatic heterocycles. The fourth-order valence-corrected chi connectivity index (χ4v) is 1.88. The highest BCUT2D eigenvalue weighted by Gasteiger charge is 2.24. The van der Waals surface area contributed by atoms with Crippen molar-refractivity contribution in [3.8, 4) is 0 Å². The van der Waals surface area contributed by atoms with Crippen LogP contribution in [0.15, 0.2) is 0 Å². The second kappa shape index (κ2) is 3.12. The maximum absolute atomic E-state index is 5.92. The largest absolute Gasteiger partial charge is 0.123 e. The molecule has 1 radical (unpaired) electrons. The highest BCUT2D eigenvalue weighted by atomic mass is 35.5. The zero-order chi connectivity index (χ0) is 6.85. The first kappa shape index (κ1) is 7.68. The van der Waals surface area contributed by atoms with Gasteiger partial charge in [-0.25, -0.2) is 0 Å². The molecule has 3 unspecified atom stereocenters. The second-order valence-electron chi connectivity index (χ2n) is 2.69. The summed E-state index contributed by atoms with van der Waals surface area (Å²) in [6, 6.07) is 0. The summed E-state index contributed by atoms with van der Waals surface area (Å²) in [5.74, 6) is 0.418. The van der Waals surface area contributed by atoms with Gasteiger partial charge in [-0.05, 0) is 32.1 Å². The van der Waals surface area contributed by atoms with E-state index in [2.05, 4.69) is 6.92 Å². The van der Waals surface area contributed by atoms with E-state index in [0.29, 0.717) is 11.3 Å². The van der Waals surface area contributed by atoms with Crippen LogP contribution in [0.2, 0.25) is 0 Å². The Labute approximate surface area is 66.5 Å². The van der Waals surface area contributed by atoms with E-state index >= 15 is 0 Å². The smallest absolute Gasteiger partial charge is 0.0378 e. The Morgan fingerprint density at radius 2 is 1.89 bits per heavy atom. The molecule has 0 aromatic carbocycles. The fraction of sp³-hybridized carbons (Fsp3) is 0.857. The maximum Gasteiger partial charge on any atom is 0.0378 e. The monoisotopic (exact) mass is 165 g/mol. The number of rotatable bonds is 0. The lowest BCUT2D eigenvalue weighted by Crippen LogP contribution is -2.23. The normalized spacial score (nSPS) is 45.0. The van der Waals surface area contributed by atoms with Crippen LogP contribution in [0.1, 0.15) is 19.3 Å². The summed E-state index contributed by atoms with van der Waals surface area (Å²) in [5, 5.41) is 0.506. The van der Waals surface area contributed by atoms with E-state index in [0.717, 1.165) is 19.3 Å². The van der Waals surface area contributed by atoms with Crippen LogP contribution in [0.5, 0.6) is 0 Å². The molecular formula is C7H11Cl2. The van der Waals surface area contributed by atoms with E-state index in [9.17, 15) is 0 Å². The van der Waals surface area contributed by atoms with E-state index < -0.39 is 0 Å². The zero-order valence-corrected chi connectivity index (χ0v) is 6.83. The SMILES string of the molecule is [CH2]C1CCC(Cl)CC1Cl. The van der Waals surface area contributed by atoms with Crippen LogP contribution in [0.4, 0.5) is 0 Å². The van der Waals surface area contributed by atoms with Crippen LogP contribution in [0.3, 0.4) is 0 Å². The van der Waals surface area contributed by atoms with Gasteiger partial charge < -0.3 is 0 Å². The topological polar surface area (TPSA) is 0 Å². The Bertz CT molecular complexity index is 92.9. The van der Waals surface area contributed by atoms with Crippen LogP contribution in [0.25, 0.3) is 0 Å². The van der Waals surface area contributed by atoms with Crippen molar-refractivity contribution in [1.29, 1.82) is 0 Å². The molecule has 0 aromatic rings. The highest BCUT2D eigenvalue weighted by molar-refractivity contribution is 6.23. The minimum absolute atomic E-state index is 0.209. The molecule has 1 rings (SSSR count). The lowest BCUT2D eigenvalue weighted by atomic mass is 9.90. The van der Waals surface area contributed by atoms with Crippen molar-refractivity contribution in [2.45, 2.75) is 30.0 Å². The van der Waals surface area contributed by atoms with Gasteiger partial charge in [0.25, 0.3) is 0 Å². The molecule has 3 atom stereocenters. The summed E-state index contributed by atoms with van der Waals surface area (Å²) < 4.78 is 0. The molecule has 1 fully saturated rings. The number of halogens is 2. The summed E-state index contributed by atoms with van der Waals surface area (Å²) in [6.45, 7) is 3.92. The number of hydrogen-bond donors (Lipinski definition) is 0. The Morgan fingerprint density at radius 1 is 1.22 bits per heavy atom. The molecule has 0 aliphatic heterocycles. The minimum atomic E-state index is 0.209. The summed E-state index contributed by atoms with van der Waals surface area (Å²) >= 11 is 11.8. The van der Waals surface area contributed by atoms with Crippen molar-refractivity contribution in [2.75, 3.05) is 0 Å². The third-order valence-electron chi connectivity index (χ3n) is 1.84. The van der Waals surface area contributed by atoms with Gasteiger partial charge in [-0.3, -0.25) is 0 Å². The van der Waals surface area contributed by atoms with Gasteiger partial charge in [0.05, 0.1) is 0 Å². The molecule has 0 spiro atoms. The van der Waals surface area contributed by atoms with Gasteiger partial charge in [0.2, 0.25) is 0 Å². The van der Waals surface area contributed by atoms with Crippen molar-refractivity contribution in [3.63, 3.8) is 0 Å². The predicted molar refractivity (Wildman–Crippen MR) is 42.0 cm³/mol. The minimum Gasteiger partial charge on any atom is -0.123 e. The molecule has 2 heteroatoms. The molecule has 0 saturated heterocycles. The fourth-order valence-electron chi connectivity index (χ4n) is 1.13. The molecule has 0 bridgehead atoms. The third-order valence-corrected chi connectivity index (χ3v) is 2.77. The van der Waals surface area contributed by atoms with Gasteiger partial charge in [-0.15, -0.1) is 23.2 Å². The Hall–Kier alpha value is 0.580. The van der Waals surface area contributed by atoms with Gasteiger partial charge in [-0.2, -0.15) is 0 Å². The molecule has 0 heterocycles. The first-order valence-corrected chi connectivity index (χ1v) is 4.18. The van der Waals surface area contributed by atoms with E-state index in [-0.39, 0.29) is 5.38 Å². The standard InChI is InChI=1S/C7H11Cl2/c1-5-2-3-6(8)4-7(5)9/h5-7H,1-4H2. The van der Waals surface area contributed by atoms with Gasteiger partial charge in [-0.1, -0.05) is 0 Å². The van der Waals surface area contributed by atoms with Crippen molar-refractivity contribution in [2.24, 2.45) is 5.92 Å². The van der Waals surface area contributed by atoms with Crippen LogP contribution in [0, 0.1) is 12.8 Å². The molecule has 1 aliphatic carbocycles. The first-order valence-electron chi connectivity index (χ1n) is 3.31. The van der Waals surface area contributed by atoms with Crippen molar-refractivity contribution in [3.05, 3.63) is 6.92 Å². The third kappa shape index (κ3) is 2.01. The van der Waals surface area contributed by atoms with Crippen LogP contribution in [-0.2, 0) is 0 Å². The Balaban J connectivity index is 2.35. The molecule has 1 saturated carbocycles. The molecule has 0 N–H and O–H groups in total. The second-order valence-corrected chi connectivity index (χ2v) is 3.86. The molecule has 9 heavy (non-hydrogen) atoms. The number of hydrogen-bond acceptors (Lipinski definition) is 0. The molecule has 53 valence electrons. The lowest BCUT2D eigenvalue weighted by molar-refractivity contribution is 0.429. The highest BCUT2D eigenvalue weighted by Crippen LogP contribution is 2.30. The Kier molecular flexibility index (Phi) is 2.66. The zero-order valence-electron chi connectivity index (χ0n) is 5.32. The predicted octanol–water partition coefficient (Wildman–Crippen LogP) is 2.84. The average Bonchev–Trinajstić information content (AvgIpc) is 1.80. The van der Waals surface area contributed by atoms with E-state index in [4.69, 9.17) is 23.2 Å². The summed E-state index contributed by atoms with van der Waals surface area (Å²) in [6.07, 6.45) is 3.10. The van der Waals surface area contributed by atoms with Gasteiger partial charge in [0, 0.05) is 10.8 Å². The van der Waals surface area contributed by atoms with E-state index in [1.165, 1.54) is 0 Å². The van der Waals surface area contributed by atoms with Gasteiger partial charge >= 0.3 is 0 Å². The van der Waals surface area contributed by atoms with E-state index in [1.54, 1.807) is 0 Å². The summed E-state index contributed by atoms with van der Waals surface area (Å²) in [5.41, 5.74) is 0. The van der Waals surface area contributed by atoms with Crippen LogP contribution >= 0.6 is 23.2 Å². The van der Waals surface area contributed by atoms with Gasteiger partial charge in [0.1, 0.15) is 0 Å². The maximum atomic E-state index is 5.92. The average molecular weight is 166 g/mol. The van der Waals surface area contributed by atoms with Crippen LogP contribution in [-0.4, -0.2) is 10.8 Å². The first-order chi connectivity index (χ1) is 4.20. The quantitative estimate of drug-likeness (QED) is 0.485. The summed E-state index contributed by atoms with van der Waals surface area (Å²) in [7, 11) is 0. The molecular weight excluding hydrogens is 155 g/mol. The van der Waals surface area contributed by atoms with Crippen molar-refractivity contribution in [1.82, 2.24) is 0 Å². The molecule has 1 aliphatic rings. The van der Waals surface area contributed by atoms with Crippen molar-refractivity contribution < 1.29 is 0 Å². The van der Waals surface area contributed by atoms with Crippen molar-refractivity contribution >= 4 is 23.2 Å². The van der Waals surface area contributed by atoms with E-state index in [1.807, 2.05) is 0 Å². The van der Waals surface area contributed by atoms with Gasteiger partial charge in [0.15, 0.2) is 0 Å². The molecule has 0 nitrogen and oxygen atoms in total. The summed E-state index contributed by atoms with van der Waals surface area (Å²) in [4.78, 5) is 0. The number of alkyl halides is 2. The Morgan fingerprint density at radius 3 is 2.33 bits per heavy atom.